The molecule has 0 unspecified atom stereocenters. The maximum atomic E-state index is 11.7. The molecule has 0 spiro atoms. The topological polar surface area (TPSA) is 64.3 Å². The number of amides is 1. The molecule has 3 N–H and O–H groups in total. The number of hydrogen-bond acceptors (Lipinski definition) is 3. The Bertz CT molecular complexity index is 607. The third-order valence-electron chi connectivity index (χ3n) is 3.45. The summed E-state index contributed by atoms with van der Waals surface area (Å²) in [6.07, 6.45) is -0.456. The van der Waals surface area contributed by atoms with Crippen LogP contribution in [0.2, 0.25) is 0 Å². The molecule has 0 saturated heterocycles. The second-order valence-corrected chi connectivity index (χ2v) is 5.56. The van der Waals surface area contributed by atoms with E-state index in [2.05, 4.69) is 17.4 Å². The molecule has 0 radical (unpaired) electrons. The van der Waals surface area contributed by atoms with Gasteiger partial charge in [0.25, 0.3) is 0 Å². The number of rotatable bonds is 5. The van der Waals surface area contributed by atoms with Crippen molar-refractivity contribution in [2.24, 2.45) is 5.73 Å². The summed E-state index contributed by atoms with van der Waals surface area (Å²) in [5, 5.41) is 2.61. The highest BCUT2D eigenvalue weighted by Gasteiger charge is 2.25. The van der Waals surface area contributed by atoms with Crippen LogP contribution in [0.15, 0.2) is 54.6 Å². The molecular weight excluding hydrogens is 276 g/mol. The Morgan fingerprint density at radius 2 is 1.64 bits per heavy atom. The molecule has 1 amide bonds. The van der Waals surface area contributed by atoms with E-state index in [1.807, 2.05) is 56.3 Å². The van der Waals surface area contributed by atoms with Gasteiger partial charge in [-0.25, -0.2) is 4.79 Å². The Hall–Kier alpha value is -2.33. The first-order chi connectivity index (χ1) is 10.5. The van der Waals surface area contributed by atoms with E-state index >= 15 is 0 Å². The van der Waals surface area contributed by atoms with Gasteiger partial charge in [0.15, 0.2) is 0 Å². The molecule has 116 valence electrons. The third-order valence-corrected chi connectivity index (χ3v) is 3.45. The average Bonchev–Trinajstić information content (AvgIpc) is 2.53. The van der Waals surface area contributed by atoms with Gasteiger partial charge in [-0.15, -0.1) is 0 Å². The first-order valence-electron chi connectivity index (χ1n) is 7.36. The van der Waals surface area contributed by atoms with Crippen LogP contribution in [0.5, 0.6) is 0 Å². The highest BCUT2D eigenvalue weighted by Crippen LogP contribution is 2.27. The minimum absolute atomic E-state index is 0.390. The molecule has 0 aliphatic carbocycles. The van der Waals surface area contributed by atoms with Crippen molar-refractivity contribution < 1.29 is 9.53 Å². The average molecular weight is 298 g/mol. The van der Waals surface area contributed by atoms with Crippen LogP contribution >= 0.6 is 0 Å². The van der Waals surface area contributed by atoms with Gasteiger partial charge in [-0.3, -0.25) is 0 Å². The molecule has 22 heavy (non-hydrogen) atoms. The van der Waals surface area contributed by atoms with Gasteiger partial charge in [0.2, 0.25) is 0 Å². The summed E-state index contributed by atoms with van der Waals surface area (Å²) >= 11 is 0. The van der Waals surface area contributed by atoms with Gasteiger partial charge in [0.1, 0.15) is 5.60 Å². The van der Waals surface area contributed by atoms with E-state index in [0.717, 1.165) is 16.7 Å². The van der Waals surface area contributed by atoms with Crippen LogP contribution < -0.4 is 11.1 Å². The summed E-state index contributed by atoms with van der Waals surface area (Å²) in [5.74, 6) is 0. The number of nitrogens with two attached hydrogens (primary N) is 1. The van der Waals surface area contributed by atoms with Gasteiger partial charge in [-0.05, 0) is 30.5 Å². The fourth-order valence-electron chi connectivity index (χ4n) is 2.20. The van der Waals surface area contributed by atoms with Crippen molar-refractivity contribution in [1.82, 2.24) is 5.32 Å². The summed E-state index contributed by atoms with van der Waals surface area (Å²) in [6.45, 7) is 4.53. The molecule has 0 aliphatic heterocycles. The lowest BCUT2D eigenvalue weighted by atomic mass is 9.95. The molecule has 0 bridgehead atoms. The van der Waals surface area contributed by atoms with Crippen LogP contribution in [0.1, 0.15) is 19.4 Å². The van der Waals surface area contributed by atoms with Gasteiger partial charge in [0, 0.05) is 13.1 Å². The van der Waals surface area contributed by atoms with Crippen molar-refractivity contribution in [3.63, 3.8) is 0 Å². The Balaban J connectivity index is 2.10. The lowest BCUT2D eigenvalue weighted by molar-refractivity contribution is 0.0366. The van der Waals surface area contributed by atoms with Crippen LogP contribution in [-0.2, 0) is 10.3 Å². The van der Waals surface area contributed by atoms with Gasteiger partial charge in [-0.2, -0.15) is 0 Å². The van der Waals surface area contributed by atoms with Crippen LogP contribution in [0, 0.1) is 0 Å². The number of nitrogens with one attached hydrogen (secondary N) is 1. The van der Waals surface area contributed by atoms with Crippen molar-refractivity contribution >= 4 is 6.09 Å². The number of carbonyl (C=O) groups excluding carboxylic acids is 1. The molecule has 0 fully saturated rings. The molecule has 0 saturated carbocycles. The quantitative estimate of drug-likeness (QED) is 0.890. The maximum absolute atomic E-state index is 11.7. The molecule has 0 aliphatic rings. The van der Waals surface area contributed by atoms with Crippen molar-refractivity contribution in [2.75, 3.05) is 13.1 Å². The number of carbonyl (C=O) groups is 1. The minimum Gasteiger partial charge on any atom is -0.439 e. The monoisotopic (exact) mass is 298 g/mol. The second-order valence-electron chi connectivity index (χ2n) is 5.56. The van der Waals surface area contributed by atoms with Crippen molar-refractivity contribution in [3.8, 4) is 11.1 Å². The van der Waals surface area contributed by atoms with E-state index in [1.54, 1.807) is 0 Å². The van der Waals surface area contributed by atoms with E-state index in [9.17, 15) is 4.79 Å². The highest BCUT2D eigenvalue weighted by molar-refractivity contribution is 5.68. The zero-order valence-corrected chi connectivity index (χ0v) is 13.0. The van der Waals surface area contributed by atoms with E-state index in [-0.39, 0.29) is 0 Å². The molecule has 4 nitrogen and oxygen atoms in total. The Morgan fingerprint density at radius 1 is 1.05 bits per heavy atom. The highest BCUT2D eigenvalue weighted by atomic mass is 16.6. The maximum Gasteiger partial charge on any atom is 0.408 e. The Kier molecular flexibility index (Phi) is 5.17. The van der Waals surface area contributed by atoms with Crippen LogP contribution in [0.4, 0.5) is 4.79 Å². The lowest BCUT2D eigenvalue weighted by Crippen LogP contribution is -2.35. The zero-order chi connectivity index (χ0) is 16.0. The van der Waals surface area contributed by atoms with Crippen LogP contribution in [0.25, 0.3) is 11.1 Å². The molecule has 2 rings (SSSR count). The first-order valence-corrected chi connectivity index (χ1v) is 7.36. The number of ether oxygens (including phenoxy) is 1. The number of benzene rings is 2. The van der Waals surface area contributed by atoms with Gasteiger partial charge < -0.3 is 15.8 Å². The SMILES string of the molecule is CC(C)(OC(=O)NCCN)c1ccc(-c2ccccc2)cc1. The predicted octanol–water partition coefficient (Wildman–Crippen LogP) is 3.27. The van der Waals surface area contributed by atoms with E-state index < -0.39 is 11.7 Å². The van der Waals surface area contributed by atoms with Gasteiger partial charge in [0.05, 0.1) is 0 Å². The summed E-state index contributed by atoms with van der Waals surface area (Å²) in [7, 11) is 0. The van der Waals surface area contributed by atoms with Gasteiger partial charge >= 0.3 is 6.09 Å². The van der Waals surface area contributed by atoms with Crippen LogP contribution in [-0.4, -0.2) is 19.2 Å². The summed E-state index contributed by atoms with van der Waals surface area (Å²) in [5.41, 5.74) is 7.89. The summed E-state index contributed by atoms with van der Waals surface area (Å²) < 4.78 is 5.47. The zero-order valence-electron chi connectivity index (χ0n) is 13.0. The molecular formula is C18H22N2O2. The Morgan fingerprint density at radius 3 is 2.23 bits per heavy atom. The van der Waals surface area contributed by atoms with Crippen molar-refractivity contribution in [2.45, 2.75) is 19.4 Å². The summed E-state index contributed by atoms with van der Waals surface area (Å²) in [4.78, 5) is 11.7. The van der Waals surface area contributed by atoms with Gasteiger partial charge in [-0.1, -0.05) is 54.6 Å². The minimum atomic E-state index is -0.700. The molecule has 0 atom stereocenters. The normalized spacial score (nSPS) is 11.0. The fraction of sp³-hybridized carbons (Fsp3) is 0.278. The number of hydrogen-bond donors (Lipinski definition) is 2. The molecule has 0 heterocycles. The largest absolute Gasteiger partial charge is 0.439 e. The summed E-state index contributed by atoms with van der Waals surface area (Å²) in [6, 6.07) is 18.2. The fourth-order valence-corrected chi connectivity index (χ4v) is 2.20. The third kappa shape index (κ3) is 4.09. The molecule has 2 aromatic carbocycles. The lowest BCUT2D eigenvalue weighted by Gasteiger charge is -2.26. The first kappa shape index (κ1) is 16.0. The Labute approximate surface area is 131 Å². The molecule has 4 heteroatoms. The smallest absolute Gasteiger partial charge is 0.408 e. The number of alkyl carbamates (subject to hydrolysis) is 1. The van der Waals surface area contributed by atoms with Crippen LogP contribution in [0.3, 0.4) is 0 Å². The van der Waals surface area contributed by atoms with Crippen molar-refractivity contribution in [1.29, 1.82) is 0 Å². The second kappa shape index (κ2) is 7.09. The van der Waals surface area contributed by atoms with E-state index in [4.69, 9.17) is 10.5 Å². The van der Waals surface area contributed by atoms with Crippen molar-refractivity contribution in [3.05, 3.63) is 60.2 Å². The molecule has 0 aromatic heterocycles. The van der Waals surface area contributed by atoms with E-state index in [1.165, 1.54) is 0 Å². The van der Waals surface area contributed by atoms with E-state index in [0.29, 0.717) is 13.1 Å². The standard InChI is InChI=1S/C18H22N2O2/c1-18(2,22-17(21)20-13-12-19)16-10-8-15(9-11-16)14-6-4-3-5-7-14/h3-11H,12-13,19H2,1-2H3,(H,20,21). The predicted molar refractivity (Wildman–Crippen MR) is 88.4 cm³/mol. The molecule has 2 aromatic rings.